The van der Waals surface area contributed by atoms with E-state index in [9.17, 15) is 9.18 Å². The summed E-state index contributed by atoms with van der Waals surface area (Å²) < 4.78 is 14.7. The van der Waals surface area contributed by atoms with Crippen LogP contribution in [0.1, 0.15) is 15.9 Å². The van der Waals surface area contributed by atoms with Gasteiger partial charge >= 0.3 is 0 Å². The first-order valence-electron chi connectivity index (χ1n) is 7.17. The van der Waals surface area contributed by atoms with E-state index < -0.39 is 11.7 Å². The Morgan fingerprint density at radius 1 is 1.12 bits per heavy atom. The Morgan fingerprint density at radius 3 is 2.68 bits per heavy atom. The number of nitrogens with zero attached hydrogens (tertiary/aromatic N) is 2. The maximum absolute atomic E-state index is 13.1. The fraction of sp³-hybridized carbons (Fsp3) is 0.0588. The lowest BCUT2D eigenvalue weighted by atomic mass is 10.2. The predicted octanol–water partition coefficient (Wildman–Crippen LogP) is 5.28. The van der Waals surface area contributed by atoms with E-state index in [4.69, 9.17) is 34.8 Å². The highest BCUT2D eigenvalue weighted by molar-refractivity contribution is 6.42. The molecule has 1 aromatic heterocycles. The largest absolute Gasteiger partial charge is 0.307 e. The van der Waals surface area contributed by atoms with Gasteiger partial charge in [0, 0.05) is 6.07 Å². The van der Waals surface area contributed by atoms with Crippen molar-refractivity contribution in [1.82, 2.24) is 9.78 Å². The molecule has 128 valence electrons. The third-order valence-corrected chi connectivity index (χ3v) is 4.66. The smallest absolute Gasteiger partial charge is 0.258 e. The van der Waals surface area contributed by atoms with Gasteiger partial charge in [0.1, 0.15) is 11.6 Å². The van der Waals surface area contributed by atoms with Crippen LogP contribution in [0.3, 0.4) is 0 Å². The molecule has 1 heterocycles. The summed E-state index contributed by atoms with van der Waals surface area (Å²) in [6.45, 7) is 0.319. The van der Waals surface area contributed by atoms with Crippen molar-refractivity contribution in [2.75, 3.05) is 5.32 Å². The lowest BCUT2D eigenvalue weighted by Crippen LogP contribution is -2.16. The molecule has 0 aliphatic carbocycles. The van der Waals surface area contributed by atoms with Crippen molar-refractivity contribution in [3.8, 4) is 0 Å². The number of halogens is 4. The second-order valence-corrected chi connectivity index (χ2v) is 6.36. The van der Waals surface area contributed by atoms with E-state index in [0.29, 0.717) is 22.4 Å². The second-order valence-electron chi connectivity index (χ2n) is 5.17. The zero-order chi connectivity index (χ0) is 18.0. The number of hydrogen-bond donors (Lipinski definition) is 1. The molecule has 1 amide bonds. The van der Waals surface area contributed by atoms with Crippen molar-refractivity contribution in [3.05, 3.63) is 80.7 Å². The molecule has 1 N–H and O–H groups in total. The van der Waals surface area contributed by atoms with Gasteiger partial charge in [-0.2, -0.15) is 5.10 Å². The highest BCUT2D eigenvalue weighted by Crippen LogP contribution is 2.27. The van der Waals surface area contributed by atoms with Crippen LogP contribution >= 0.6 is 34.8 Å². The first kappa shape index (κ1) is 17.7. The summed E-state index contributed by atoms with van der Waals surface area (Å²) >= 11 is 18.1. The second kappa shape index (κ2) is 7.44. The van der Waals surface area contributed by atoms with Crippen molar-refractivity contribution in [2.24, 2.45) is 0 Å². The van der Waals surface area contributed by atoms with Gasteiger partial charge in [-0.05, 0) is 29.8 Å². The van der Waals surface area contributed by atoms with Crippen LogP contribution in [0.5, 0.6) is 0 Å². The number of carbonyl (C=O) groups excluding carboxylic acids is 1. The quantitative estimate of drug-likeness (QED) is 0.649. The van der Waals surface area contributed by atoms with E-state index in [1.807, 2.05) is 6.07 Å². The number of aromatic nitrogens is 2. The van der Waals surface area contributed by atoms with Gasteiger partial charge in [-0.1, -0.05) is 46.9 Å². The van der Waals surface area contributed by atoms with Gasteiger partial charge in [-0.25, -0.2) is 9.07 Å². The summed E-state index contributed by atoms with van der Waals surface area (Å²) in [6.07, 6.45) is 1.54. The number of anilines is 1. The Kier molecular flexibility index (Phi) is 5.27. The molecule has 0 saturated carbocycles. The Labute approximate surface area is 158 Å². The van der Waals surface area contributed by atoms with E-state index in [1.54, 1.807) is 29.1 Å². The lowest BCUT2D eigenvalue weighted by molar-refractivity contribution is 0.102. The van der Waals surface area contributed by atoms with Gasteiger partial charge in [0.15, 0.2) is 0 Å². The standard InChI is InChI=1S/C17H11Cl3FN3O/c18-13-3-1-2-10(16(13)20)9-24-15(6-7-22-24)23-17(25)12-5-4-11(21)8-14(12)19/h1-8H,9H2,(H,23,25). The molecule has 0 saturated heterocycles. The molecule has 0 unspecified atom stereocenters. The summed E-state index contributed by atoms with van der Waals surface area (Å²) in [6, 6.07) is 10.5. The van der Waals surface area contributed by atoms with Crippen LogP contribution in [-0.2, 0) is 6.54 Å². The number of amides is 1. The third-order valence-electron chi connectivity index (χ3n) is 3.49. The number of nitrogens with one attached hydrogen (secondary N) is 1. The van der Waals surface area contributed by atoms with Gasteiger partial charge in [-0.3, -0.25) is 4.79 Å². The fourth-order valence-electron chi connectivity index (χ4n) is 2.25. The fourth-order valence-corrected chi connectivity index (χ4v) is 2.89. The van der Waals surface area contributed by atoms with Crippen LogP contribution in [0.15, 0.2) is 48.7 Å². The average Bonchev–Trinajstić information content (AvgIpc) is 2.98. The third kappa shape index (κ3) is 3.95. The lowest BCUT2D eigenvalue weighted by Gasteiger charge is -2.11. The highest BCUT2D eigenvalue weighted by Gasteiger charge is 2.14. The molecule has 0 radical (unpaired) electrons. The molecular weight excluding hydrogens is 388 g/mol. The molecule has 3 aromatic rings. The van der Waals surface area contributed by atoms with Crippen molar-refractivity contribution in [1.29, 1.82) is 0 Å². The molecule has 8 heteroatoms. The SMILES string of the molecule is O=C(Nc1ccnn1Cc1cccc(Cl)c1Cl)c1ccc(F)cc1Cl. The van der Waals surface area contributed by atoms with E-state index in [0.717, 1.165) is 11.6 Å². The van der Waals surface area contributed by atoms with Crippen LogP contribution in [0.25, 0.3) is 0 Å². The highest BCUT2D eigenvalue weighted by atomic mass is 35.5. The zero-order valence-corrected chi connectivity index (χ0v) is 14.9. The molecule has 0 aliphatic rings. The first-order valence-corrected chi connectivity index (χ1v) is 8.30. The van der Waals surface area contributed by atoms with E-state index >= 15 is 0 Å². The number of benzene rings is 2. The molecule has 25 heavy (non-hydrogen) atoms. The average molecular weight is 399 g/mol. The molecule has 4 nitrogen and oxygen atoms in total. The van der Waals surface area contributed by atoms with Crippen molar-refractivity contribution < 1.29 is 9.18 Å². The monoisotopic (exact) mass is 397 g/mol. The minimum absolute atomic E-state index is 0.0291. The van der Waals surface area contributed by atoms with Crippen LogP contribution in [0.4, 0.5) is 10.2 Å². The predicted molar refractivity (Wildman–Crippen MR) is 97.2 cm³/mol. The molecule has 0 spiro atoms. The normalized spacial score (nSPS) is 10.7. The summed E-state index contributed by atoms with van der Waals surface area (Å²) in [5.74, 6) is -0.535. The van der Waals surface area contributed by atoms with Crippen molar-refractivity contribution in [3.63, 3.8) is 0 Å². The van der Waals surface area contributed by atoms with Gasteiger partial charge in [0.25, 0.3) is 5.91 Å². The van der Waals surface area contributed by atoms with Crippen LogP contribution in [-0.4, -0.2) is 15.7 Å². The van der Waals surface area contributed by atoms with Crippen molar-refractivity contribution in [2.45, 2.75) is 6.54 Å². The van der Waals surface area contributed by atoms with Crippen molar-refractivity contribution >= 4 is 46.5 Å². The molecule has 2 aromatic carbocycles. The Bertz CT molecular complexity index is 943. The minimum atomic E-state index is -0.512. The van der Waals surface area contributed by atoms with Gasteiger partial charge in [0.05, 0.1) is 33.4 Å². The molecule has 0 bridgehead atoms. The number of hydrogen-bond acceptors (Lipinski definition) is 2. The summed E-state index contributed by atoms with van der Waals surface area (Å²) in [5, 5.41) is 7.77. The Hall–Kier alpha value is -2.08. The molecule has 0 atom stereocenters. The summed E-state index contributed by atoms with van der Waals surface area (Å²) in [7, 11) is 0. The van der Waals surface area contributed by atoms with E-state index in [-0.39, 0.29) is 10.6 Å². The number of rotatable bonds is 4. The molecule has 3 rings (SSSR count). The van der Waals surface area contributed by atoms with Gasteiger partial charge < -0.3 is 5.32 Å². The summed E-state index contributed by atoms with van der Waals surface area (Å²) in [4.78, 5) is 12.4. The maximum Gasteiger partial charge on any atom is 0.258 e. The Balaban J connectivity index is 1.82. The topological polar surface area (TPSA) is 46.9 Å². The van der Waals surface area contributed by atoms with Gasteiger partial charge in [0.2, 0.25) is 0 Å². The zero-order valence-electron chi connectivity index (χ0n) is 12.6. The molecular formula is C17H11Cl3FN3O. The Morgan fingerprint density at radius 2 is 1.92 bits per heavy atom. The molecule has 0 fully saturated rings. The number of carbonyl (C=O) groups is 1. The molecule has 0 aliphatic heterocycles. The van der Waals surface area contributed by atoms with Crippen LogP contribution < -0.4 is 5.32 Å². The first-order chi connectivity index (χ1) is 12.0. The van der Waals surface area contributed by atoms with E-state index in [1.165, 1.54) is 12.1 Å². The summed E-state index contributed by atoms with van der Waals surface area (Å²) in [5.41, 5.74) is 0.921. The van der Waals surface area contributed by atoms with Gasteiger partial charge in [-0.15, -0.1) is 0 Å². The van der Waals surface area contributed by atoms with Crippen LogP contribution in [0.2, 0.25) is 15.1 Å². The van der Waals surface area contributed by atoms with Crippen LogP contribution in [0, 0.1) is 5.82 Å². The maximum atomic E-state index is 13.1. The van der Waals surface area contributed by atoms with E-state index in [2.05, 4.69) is 10.4 Å². The minimum Gasteiger partial charge on any atom is -0.307 e.